The van der Waals surface area contributed by atoms with E-state index in [1.807, 2.05) is 0 Å². The maximum atomic E-state index is 10.6. The van der Waals surface area contributed by atoms with Crippen molar-refractivity contribution in [3.05, 3.63) is 0 Å². The number of rotatable bonds is 11. The van der Waals surface area contributed by atoms with Crippen molar-refractivity contribution in [2.24, 2.45) is 17.4 Å². The van der Waals surface area contributed by atoms with E-state index in [2.05, 4.69) is 6.92 Å². The molecule has 3 nitrogen and oxygen atoms in total. The first-order valence-electron chi connectivity index (χ1n) is 6.69. The van der Waals surface area contributed by atoms with E-state index in [-0.39, 0.29) is 5.91 Å². The van der Waals surface area contributed by atoms with Gasteiger partial charge in [0.25, 0.3) is 0 Å². The fraction of sp³-hybridized carbons (Fsp3) is 0.923. The van der Waals surface area contributed by atoms with Crippen LogP contribution in [-0.4, -0.2) is 12.5 Å². The second-order valence-corrected chi connectivity index (χ2v) is 4.66. The highest BCUT2D eigenvalue weighted by Crippen LogP contribution is 2.15. The average molecular weight is 228 g/mol. The minimum Gasteiger partial charge on any atom is -0.370 e. The van der Waals surface area contributed by atoms with Crippen LogP contribution in [0.4, 0.5) is 0 Å². The van der Waals surface area contributed by atoms with Gasteiger partial charge in [-0.2, -0.15) is 0 Å². The Labute approximate surface area is 100.0 Å². The van der Waals surface area contributed by atoms with E-state index < -0.39 is 0 Å². The summed E-state index contributed by atoms with van der Waals surface area (Å²) in [5.41, 5.74) is 10.8. The highest BCUT2D eigenvalue weighted by molar-refractivity contribution is 5.73. The number of amides is 1. The largest absolute Gasteiger partial charge is 0.370 e. The van der Waals surface area contributed by atoms with Crippen LogP contribution >= 0.6 is 0 Å². The maximum absolute atomic E-state index is 10.6. The zero-order valence-corrected chi connectivity index (χ0v) is 10.7. The average Bonchev–Trinajstić information content (AvgIpc) is 2.27. The molecule has 0 aliphatic rings. The molecular formula is C13H28N2O. The lowest BCUT2D eigenvalue weighted by atomic mass is 9.95. The lowest BCUT2D eigenvalue weighted by Gasteiger charge is -2.13. The van der Waals surface area contributed by atoms with Crippen molar-refractivity contribution in [1.29, 1.82) is 0 Å². The summed E-state index contributed by atoms with van der Waals surface area (Å²) in [5.74, 6) is 0.278. The van der Waals surface area contributed by atoms with E-state index in [4.69, 9.17) is 11.5 Å². The first-order chi connectivity index (χ1) is 7.70. The molecule has 0 aromatic carbocycles. The van der Waals surface area contributed by atoms with Gasteiger partial charge in [0, 0.05) is 6.42 Å². The first-order valence-corrected chi connectivity index (χ1v) is 6.69. The van der Waals surface area contributed by atoms with Gasteiger partial charge in [0.15, 0.2) is 0 Å². The molecular weight excluding hydrogens is 200 g/mol. The standard InChI is InChI=1S/C13H28N2O/c1-2-3-4-5-6-7-8-12(11-14)9-10-13(15)16/h12H,2-11,14H2,1H3,(H2,15,16). The molecule has 4 N–H and O–H groups in total. The fourth-order valence-corrected chi connectivity index (χ4v) is 1.94. The number of hydrogen-bond donors (Lipinski definition) is 2. The smallest absolute Gasteiger partial charge is 0.217 e. The monoisotopic (exact) mass is 228 g/mol. The van der Waals surface area contributed by atoms with Gasteiger partial charge in [-0.1, -0.05) is 45.4 Å². The van der Waals surface area contributed by atoms with E-state index in [0.717, 1.165) is 12.8 Å². The van der Waals surface area contributed by atoms with Crippen LogP contribution in [0.1, 0.15) is 64.7 Å². The van der Waals surface area contributed by atoms with Gasteiger partial charge in [0.05, 0.1) is 0 Å². The van der Waals surface area contributed by atoms with Crippen LogP contribution in [0.25, 0.3) is 0 Å². The minimum absolute atomic E-state index is 0.207. The molecule has 16 heavy (non-hydrogen) atoms. The Bertz CT molecular complexity index is 171. The van der Waals surface area contributed by atoms with Crippen molar-refractivity contribution in [2.45, 2.75) is 64.7 Å². The van der Waals surface area contributed by atoms with Gasteiger partial charge in [-0.3, -0.25) is 4.79 Å². The SMILES string of the molecule is CCCCCCCCC(CN)CCC(N)=O. The third-order valence-electron chi connectivity index (χ3n) is 3.10. The van der Waals surface area contributed by atoms with Gasteiger partial charge < -0.3 is 11.5 Å². The molecule has 0 radical (unpaired) electrons. The number of carbonyl (C=O) groups excluding carboxylic acids is 1. The molecule has 0 fully saturated rings. The third-order valence-corrected chi connectivity index (χ3v) is 3.10. The summed E-state index contributed by atoms with van der Waals surface area (Å²) in [6.07, 6.45) is 10.4. The van der Waals surface area contributed by atoms with Crippen molar-refractivity contribution >= 4 is 5.91 Å². The first kappa shape index (κ1) is 15.4. The molecule has 0 aromatic heterocycles. The summed E-state index contributed by atoms with van der Waals surface area (Å²) < 4.78 is 0. The van der Waals surface area contributed by atoms with Gasteiger partial charge in [-0.15, -0.1) is 0 Å². The Kier molecular flexibility index (Phi) is 10.5. The van der Waals surface area contributed by atoms with Crippen LogP contribution in [0.3, 0.4) is 0 Å². The minimum atomic E-state index is -0.207. The van der Waals surface area contributed by atoms with Crippen molar-refractivity contribution in [3.63, 3.8) is 0 Å². The Morgan fingerprint density at radius 1 is 1.06 bits per heavy atom. The van der Waals surface area contributed by atoms with E-state index in [0.29, 0.717) is 18.9 Å². The van der Waals surface area contributed by atoms with Crippen LogP contribution < -0.4 is 11.5 Å². The van der Waals surface area contributed by atoms with E-state index >= 15 is 0 Å². The normalized spacial score (nSPS) is 12.6. The Morgan fingerprint density at radius 2 is 1.69 bits per heavy atom. The van der Waals surface area contributed by atoms with Crippen LogP contribution in [0, 0.1) is 5.92 Å². The molecule has 1 amide bonds. The lowest BCUT2D eigenvalue weighted by molar-refractivity contribution is -0.118. The van der Waals surface area contributed by atoms with Gasteiger partial charge in [0.2, 0.25) is 5.91 Å². The number of carbonyl (C=O) groups is 1. The van der Waals surface area contributed by atoms with Crippen molar-refractivity contribution in [3.8, 4) is 0 Å². The highest BCUT2D eigenvalue weighted by Gasteiger charge is 2.07. The molecule has 96 valence electrons. The van der Waals surface area contributed by atoms with Crippen LogP contribution in [0.5, 0.6) is 0 Å². The Balaban J connectivity index is 3.37. The van der Waals surface area contributed by atoms with Gasteiger partial charge >= 0.3 is 0 Å². The lowest BCUT2D eigenvalue weighted by Crippen LogP contribution is -2.18. The topological polar surface area (TPSA) is 69.1 Å². The van der Waals surface area contributed by atoms with Crippen LogP contribution in [0.2, 0.25) is 0 Å². The molecule has 0 heterocycles. The summed E-state index contributed by atoms with van der Waals surface area (Å²) in [6.45, 7) is 2.91. The molecule has 3 heteroatoms. The van der Waals surface area contributed by atoms with E-state index in [1.165, 1.54) is 38.5 Å². The van der Waals surface area contributed by atoms with Gasteiger partial charge in [-0.25, -0.2) is 0 Å². The Morgan fingerprint density at radius 3 is 2.25 bits per heavy atom. The second kappa shape index (κ2) is 10.9. The zero-order valence-electron chi connectivity index (χ0n) is 10.7. The molecule has 0 spiro atoms. The third kappa shape index (κ3) is 9.97. The number of primary amides is 1. The summed E-state index contributed by atoms with van der Waals surface area (Å²) in [4.78, 5) is 10.6. The predicted molar refractivity (Wildman–Crippen MR) is 69.0 cm³/mol. The molecule has 1 atom stereocenters. The van der Waals surface area contributed by atoms with Crippen molar-refractivity contribution < 1.29 is 4.79 Å². The molecule has 0 bridgehead atoms. The van der Waals surface area contributed by atoms with E-state index in [1.54, 1.807) is 0 Å². The van der Waals surface area contributed by atoms with Gasteiger partial charge in [-0.05, 0) is 25.3 Å². The van der Waals surface area contributed by atoms with Crippen LogP contribution in [-0.2, 0) is 4.79 Å². The van der Waals surface area contributed by atoms with Gasteiger partial charge in [0.1, 0.15) is 0 Å². The molecule has 0 aromatic rings. The number of nitrogens with two attached hydrogens (primary N) is 2. The van der Waals surface area contributed by atoms with E-state index in [9.17, 15) is 4.79 Å². The zero-order chi connectivity index (χ0) is 12.2. The predicted octanol–water partition coefficient (Wildman–Crippen LogP) is 2.58. The summed E-state index contributed by atoms with van der Waals surface area (Å²) >= 11 is 0. The molecule has 0 saturated carbocycles. The molecule has 0 aliphatic carbocycles. The number of hydrogen-bond acceptors (Lipinski definition) is 2. The summed E-state index contributed by atoms with van der Waals surface area (Å²) in [5, 5.41) is 0. The fourth-order valence-electron chi connectivity index (χ4n) is 1.94. The highest BCUT2D eigenvalue weighted by atomic mass is 16.1. The van der Waals surface area contributed by atoms with Crippen LogP contribution in [0.15, 0.2) is 0 Å². The molecule has 0 saturated heterocycles. The maximum Gasteiger partial charge on any atom is 0.217 e. The molecule has 0 aliphatic heterocycles. The second-order valence-electron chi connectivity index (χ2n) is 4.66. The number of unbranched alkanes of at least 4 members (excludes halogenated alkanes) is 5. The Hall–Kier alpha value is -0.570. The quantitative estimate of drug-likeness (QED) is 0.534. The summed E-state index contributed by atoms with van der Waals surface area (Å²) in [7, 11) is 0. The van der Waals surface area contributed by atoms with Crippen molar-refractivity contribution in [1.82, 2.24) is 0 Å². The van der Waals surface area contributed by atoms with Crippen molar-refractivity contribution in [2.75, 3.05) is 6.54 Å². The summed E-state index contributed by atoms with van der Waals surface area (Å²) in [6, 6.07) is 0. The molecule has 0 rings (SSSR count). The molecule has 1 unspecified atom stereocenters.